The van der Waals surface area contributed by atoms with Crippen LogP contribution in [0.1, 0.15) is 64.7 Å². The van der Waals surface area contributed by atoms with Crippen molar-refractivity contribution in [3.05, 3.63) is 24.3 Å². The van der Waals surface area contributed by atoms with Crippen LogP contribution in [0.4, 0.5) is 0 Å². The zero-order valence-electron chi connectivity index (χ0n) is 15.7. The first-order valence-electron chi connectivity index (χ1n) is 9.61. The third-order valence-corrected chi connectivity index (χ3v) is 4.78. The van der Waals surface area contributed by atoms with Crippen molar-refractivity contribution in [2.75, 3.05) is 6.54 Å². The summed E-state index contributed by atoms with van der Waals surface area (Å²) in [4.78, 5) is 24.5. The molecule has 0 spiro atoms. The Morgan fingerprint density at radius 1 is 1.35 bits per heavy atom. The molecule has 1 amide bonds. The highest BCUT2D eigenvalue weighted by molar-refractivity contribution is 7.80. The van der Waals surface area contributed by atoms with Gasteiger partial charge in [0, 0.05) is 19.4 Å². The number of carboxylic acid groups (broad SMARTS) is 1. The third kappa shape index (κ3) is 10.0. The normalized spacial score (nSPS) is 20.8. The maximum atomic E-state index is 12.2. The predicted molar refractivity (Wildman–Crippen MR) is 107 cm³/mol. The summed E-state index contributed by atoms with van der Waals surface area (Å²) in [6.07, 6.45) is 13.7. The largest absolute Gasteiger partial charge is 0.481 e. The molecule has 0 saturated carbocycles. The van der Waals surface area contributed by atoms with Crippen LogP contribution >= 0.6 is 12.6 Å². The number of unbranched alkanes of at least 4 members (excludes halogenated alkanes) is 1. The van der Waals surface area contributed by atoms with Gasteiger partial charge >= 0.3 is 5.97 Å². The number of nitrogens with zero attached hydrogens (tertiary/aromatic N) is 1. The molecular formula is C20H33NO4S. The lowest BCUT2D eigenvalue weighted by atomic mass is 10.00. The average molecular weight is 384 g/mol. The molecule has 1 saturated heterocycles. The second kappa shape index (κ2) is 13.0. The van der Waals surface area contributed by atoms with Gasteiger partial charge in [-0.1, -0.05) is 31.2 Å². The maximum absolute atomic E-state index is 12.2. The van der Waals surface area contributed by atoms with Gasteiger partial charge in [-0.05, 0) is 50.2 Å². The molecule has 1 heterocycles. The van der Waals surface area contributed by atoms with Crippen LogP contribution in [0.15, 0.2) is 24.3 Å². The van der Waals surface area contributed by atoms with Crippen molar-refractivity contribution in [1.82, 2.24) is 4.90 Å². The fourth-order valence-electron chi connectivity index (χ4n) is 3.04. The molecule has 6 heteroatoms. The SMILES string of the molecule is CC(S)CCCC(O)C=C[C@H]1CCCC(=O)N1CC=CCCCC(=O)O. The molecule has 1 fully saturated rings. The van der Waals surface area contributed by atoms with Crippen molar-refractivity contribution >= 4 is 24.5 Å². The zero-order valence-corrected chi connectivity index (χ0v) is 16.6. The average Bonchev–Trinajstić information content (AvgIpc) is 2.57. The van der Waals surface area contributed by atoms with Crippen molar-refractivity contribution in [1.29, 1.82) is 0 Å². The number of aliphatic hydroxyl groups is 1. The highest BCUT2D eigenvalue weighted by Crippen LogP contribution is 2.20. The second-order valence-corrected chi connectivity index (χ2v) is 7.88. The van der Waals surface area contributed by atoms with Gasteiger partial charge < -0.3 is 15.1 Å². The summed E-state index contributed by atoms with van der Waals surface area (Å²) < 4.78 is 0. The summed E-state index contributed by atoms with van der Waals surface area (Å²) in [5.74, 6) is -0.642. The Balaban J connectivity index is 2.45. The number of allylic oxidation sites excluding steroid dienone is 1. The summed E-state index contributed by atoms with van der Waals surface area (Å²) in [6.45, 7) is 2.58. The van der Waals surface area contributed by atoms with E-state index in [4.69, 9.17) is 5.11 Å². The van der Waals surface area contributed by atoms with Crippen molar-refractivity contribution in [3.63, 3.8) is 0 Å². The number of likely N-dealkylation sites (tertiary alicyclic amines) is 1. The molecule has 26 heavy (non-hydrogen) atoms. The minimum absolute atomic E-state index is 0.0263. The number of rotatable bonds is 12. The number of carbonyl (C=O) groups is 2. The van der Waals surface area contributed by atoms with Gasteiger partial charge in [-0.15, -0.1) is 0 Å². The molecule has 2 unspecified atom stereocenters. The first kappa shape index (κ1) is 22.8. The first-order valence-corrected chi connectivity index (χ1v) is 10.1. The number of carbonyl (C=O) groups excluding carboxylic acids is 1. The lowest BCUT2D eigenvalue weighted by molar-refractivity contribution is -0.137. The molecule has 0 aliphatic carbocycles. The molecule has 3 atom stereocenters. The Morgan fingerprint density at radius 3 is 2.81 bits per heavy atom. The quantitative estimate of drug-likeness (QED) is 0.273. The first-order chi connectivity index (χ1) is 12.4. The van der Waals surface area contributed by atoms with Gasteiger partial charge in [0.25, 0.3) is 0 Å². The van der Waals surface area contributed by atoms with Crippen LogP contribution in [0, 0.1) is 0 Å². The van der Waals surface area contributed by atoms with E-state index in [-0.39, 0.29) is 18.4 Å². The number of hydrogen-bond donors (Lipinski definition) is 3. The van der Waals surface area contributed by atoms with E-state index in [0.29, 0.717) is 37.5 Å². The fraction of sp³-hybridized carbons (Fsp3) is 0.700. The van der Waals surface area contributed by atoms with Crippen molar-refractivity contribution in [3.8, 4) is 0 Å². The van der Waals surface area contributed by atoms with Crippen molar-refractivity contribution in [2.45, 2.75) is 82.1 Å². The van der Waals surface area contributed by atoms with Crippen LogP contribution in [0.2, 0.25) is 0 Å². The molecular weight excluding hydrogens is 350 g/mol. The standard InChI is InChI=1S/C20H33NO4S/c1-16(26)8-6-10-18(22)14-13-17-9-7-11-19(23)21(17)15-5-3-2-4-12-20(24)25/h3,5,13-14,16-18,22,26H,2,4,6-12,15H2,1H3,(H,24,25)/t16?,17-,18?/m1/s1. The molecule has 1 aliphatic heterocycles. The molecule has 148 valence electrons. The number of piperidine rings is 1. The minimum atomic E-state index is -0.780. The molecule has 0 bridgehead atoms. The third-order valence-electron chi connectivity index (χ3n) is 4.52. The number of carboxylic acids is 1. The Bertz CT molecular complexity index is 490. The molecule has 5 nitrogen and oxygen atoms in total. The Morgan fingerprint density at radius 2 is 2.12 bits per heavy atom. The summed E-state index contributed by atoms with van der Waals surface area (Å²) in [5, 5.41) is 19.1. The predicted octanol–water partition coefficient (Wildman–Crippen LogP) is 3.58. The summed E-state index contributed by atoms with van der Waals surface area (Å²) in [6, 6.07) is 0.0263. The number of aliphatic carboxylic acids is 1. The number of amides is 1. The van der Waals surface area contributed by atoms with E-state index in [0.717, 1.165) is 25.7 Å². The Labute approximate surface area is 162 Å². The van der Waals surface area contributed by atoms with Gasteiger partial charge in [-0.2, -0.15) is 12.6 Å². The maximum Gasteiger partial charge on any atom is 0.303 e. The lowest BCUT2D eigenvalue weighted by Gasteiger charge is -2.33. The monoisotopic (exact) mass is 383 g/mol. The van der Waals surface area contributed by atoms with E-state index < -0.39 is 12.1 Å². The highest BCUT2D eigenvalue weighted by atomic mass is 32.1. The van der Waals surface area contributed by atoms with E-state index in [9.17, 15) is 14.7 Å². The van der Waals surface area contributed by atoms with Gasteiger partial charge in [-0.3, -0.25) is 9.59 Å². The van der Waals surface area contributed by atoms with Crippen LogP contribution in [-0.2, 0) is 9.59 Å². The van der Waals surface area contributed by atoms with Crippen LogP contribution in [0.5, 0.6) is 0 Å². The molecule has 2 N–H and O–H groups in total. The fourth-order valence-corrected chi connectivity index (χ4v) is 3.22. The van der Waals surface area contributed by atoms with E-state index in [1.54, 1.807) is 0 Å². The zero-order chi connectivity index (χ0) is 19.4. The van der Waals surface area contributed by atoms with Gasteiger partial charge in [0.05, 0.1) is 12.1 Å². The second-order valence-electron chi connectivity index (χ2n) is 7.00. The number of aliphatic hydroxyl groups excluding tert-OH is 1. The minimum Gasteiger partial charge on any atom is -0.481 e. The van der Waals surface area contributed by atoms with Crippen LogP contribution < -0.4 is 0 Å². The number of thiol groups is 1. The van der Waals surface area contributed by atoms with Gasteiger partial charge in [0.15, 0.2) is 0 Å². The van der Waals surface area contributed by atoms with Gasteiger partial charge in [0.1, 0.15) is 0 Å². The summed E-state index contributed by atoms with van der Waals surface area (Å²) in [7, 11) is 0. The van der Waals surface area contributed by atoms with E-state index in [2.05, 4.69) is 12.6 Å². The molecule has 1 rings (SSSR count). The molecule has 1 aliphatic rings. The van der Waals surface area contributed by atoms with Crippen molar-refractivity contribution in [2.24, 2.45) is 0 Å². The smallest absolute Gasteiger partial charge is 0.303 e. The van der Waals surface area contributed by atoms with Crippen molar-refractivity contribution < 1.29 is 19.8 Å². The topological polar surface area (TPSA) is 77.8 Å². The molecule has 0 aromatic heterocycles. The van der Waals surface area contributed by atoms with Crippen LogP contribution in [0.25, 0.3) is 0 Å². The van der Waals surface area contributed by atoms with E-state index in [1.807, 2.05) is 36.1 Å². The molecule has 0 aromatic rings. The van der Waals surface area contributed by atoms with Crippen LogP contribution in [0.3, 0.4) is 0 Å². The Kier molecular flexibility index (Phi) is 11.4. The van der Waals surface area contributed by atoms with Gasteiger partial charge in [0.2, 0.25) is 5.91 Å². The molecule has 0 aromatic carbocycles. The van der Waals surface area contributed by atoms with E-state index >= 15 is 0 Å². The van der Waals surface area contributed by atoms with E-state index in [1.165, 1.54) is 0 Å². The lowest BCUT2D eigenvalue weighted by Crippen LogP contribution is -2.42. The summed E-state index contributed by atoms with van der Waals surface area (Å²) >= 11 is 4.34. The van der Waals surface area contributed by atoms with Crippen LogP contribution in [-0.4, -0.2) is 50.9 Å². The molecule has 0 radical (unpaired) electrons. The summed E-state index contributed by atoms with van der Waals surface area (Å²) in [5.41, 5.74) is 0. The number of hydrogen-bond acceptors (Lipinski definition) is 4. The Hall–Kier alpha value is -1.27. The van der Waals surface area contributed by atoms with Gasteiger partial charge in [-0.25, -0.2) is 0 Å². The highest BCUT2D eigenvalue weighted by Gasteiger charge is 2.25.